The number of anilines is 1. The molecule has 6 heteroatoms. The second kappa shape index (κ2) is 6.02. The van der Waals surface area contributed by atoms with Crippen molar-refractivity contribution in [2.75, 3.05) is 5.32 Å². The molecule has 0 aliphatic rings. The Morgan fingerprint density at radius 3 is 2.65 bits per heavy atom. The largest absolute Gasteiger partial charge is 0.325 e. The molecule has 92 valence electrons. The van der Waals surface area contributed by atoms with E-state index in [9.17, 15) is 9.59 Å². The highest BCUT2D eigenvalue weighted by Crippen LogP contribution is 2.20. The van der Waals surface area contributed by atoms with E-state index in [1.54, 1.807) is 6.07 Å². The summed E-state index contributed by atoms with van der Waals surface area (Å²) in [7, 11) is 0. The van der Waals surface area contributed by atoms with Crippen molar-refractivity contribution in [3.8, 4) is 0 Å². The molecule has 0 fully saturated rings. The lowest BCUT2D eigenvalue weighted by Crippen LogP contribution is -2.38. The van der Waals surface area contributed by atoms with E-state index in [0.29, 0.717) is 5.69 Å². The molecule has 0 bridgehead atoms. The van der Waals surface area contributed by atoms with Crippen molar-refractivity contribution in [1.82, 2.24) is 5.32 Å². The summed E-state index contributed by atoms with van der Waals surface area (Å²) in [5.74, 6) is -0.531. The number of hydrogen-bond acceptors (Lipinski definition) is 2. The van der Waals surface area contributed by atoms with Crippen LogP contribution in [0.4, 0.5) is 10.5 Å². The maximum Gasteiger partial charge on any atom is 0.325 e. The van der Waals surface area contributed by atoms with Crippen molar-refractivity contribution in [3.05, 3.63) is 28.2 Å². The van der Waals surface area contributed by atoms with Gasteiger partial charge in [-0.1, -0.05) is 22.0 Å². The summed E-state index contributed by atoms with van der Waals surface area (Å²) < 4.78 is 0.843. The molecule has 1 aromatic carbocycles. The van der Waals surface area contributed by atoms with Crippen LogP contribution in [0, 0.1) is 6.92 Å². The summed E-state index contributed by atoms with van der Waals surface area (Å²) in [5.41, 5.74) is 1.53. The number of amides is 3. The molecule has 0 radical (unpaired) electrons. The average molecular weight is 320 g/mol. The van der Waals surface area contributed by atoms with E-state index in [0.717, 1.165) is 10.0 Å². The van der Waals surface area contributed by atoms with E-state index in [1.807, 2.05) is 19.1 Å². The van der Waals surface area contributed by atoms with Gasteiger partial charge in [0.25, 0.3) is 0 Å². The molecule has 0 aromatic heterocycles. The Balaban J connectivity index is 2.68. The number of alkyl halides is 1. The molecule has 0 heterocycles. The number of carbonyl (C=O) groups excluding carboxylic acids is 2. The summed E-state index contributed by atoms with van der Waals surface area (Å²) >= 11 is 8.83. The number of halogens is 2. The van der Waals surface area contributed by atoms with Crippen LogP contribution >= 0.6 is 27.5 Å². The van der Waals surface area contributed by atoms with E-state index in [4.69, 9.17) is 11.6 Å². The normalized spacial score (nSPS) is 11.8. The maximum atomic E-state index is 11.5. The zero-order valence-electron chi connectivity index (χ0n) is 9.38. The minimum Gasteiger partial charge on any atom is -0.307 e. The lowest BCUT2D eigenvalue weighted by Gasteiger charge is -2.10. The van der Waals surface area contributed by atoms with Gasteiger partial charge >= 0.3 is 6.03 Å². The first-order valence-electron chi connectivity index (χ1n) is 4.92. The number of nitrogens with one attached hydrogen (secondary N) is 2. The molecule has 0 aliphatic heterocycles. The SMILES string of the molecule is Cc1ccc(Br)cc1NC(=O)NC(=O)C(C)Cl. The van der Waals surface area contributed by atoms with Crippen LogP contribution in [0.1, 0.15) is 12.5 Å². The first-order chi connectivity index (χ1) is 7.90. The second-order valence-electron chi connectivity index (χ2n) is 3.52. The molecule has 0 spiro atoms. The second-order valence-corrected chi connectivity index (χ2v) is 5.09. The minimum atomic E-state index is -0.746. The number of rotatable bonds is 2. The third-order valence-corrected chi connectivity index (χ3v) is 2.74. The Hall–Kier alpha value is -1.07. The van der Waals surface area contributed by atoms with Crippen LogP contribution in [0.3, 0.4) is 0 Å². The molecule has 1 rings (SSSR count). The van der Waals surface area contributed by atoms with Gasteiger partial charge in [-0.25, -0.2) is 4.79 Å². The summed E-state index contributed by atoms with van der Waals surface area (Å²) in [4.78, 5) is 22.7. The van der Waals surface area contributed by atoms with Crippen molar-refractivity contribution in [3.63, 3.8) is 0 Å². The fraction of sp³-hybridized carbons (Fsp3) is 0.273. The molecular formula is C11H12BrClN2O2. The van der Waals surface area contributed by atoms with Crippen molar-refractivity contribution >= 4 is 45.2 Å². The highest BCUT2D eigenvalue weighted by Gasteiger charge is 2.13. The molecule has 2 N–H and O–H groups in total. The van der Waals surface area contributed by atoms with E-state index >= 15 is 0 Å². The van der Waals surface area contributed by atoms with E-state index in [2.05, 4.69) is 26.6 Å². The third kappa shape index (κ3) is 4.36. The Bertz CT molecular complexity index is 449. The molecule has 0 aliphatic carbocycles. The van der Waals surface area contributed by atoms with Gasteiger partial charge in [0.05, 0.1) is 0 Å². The third-order valence-electron chi connectivity index (χ3n) is 2.05. The Labute approximate surface area is 113 Å². The highest BCUT2D eigenvalue weighted by molar-refractivity contribution is 9.10. The molecule has 17 heavy (non-hydrogen) atoms. The Morgan fingerprint density at radius 1 is 1.41 bits per heavy atom. The number of benzene rings is 1. The number of carbonyl (C=O) groups is 2. The van der Waals surface area contributed by atoms with Gasteiger partial charge < -0.3 is 5.32 Å². The Kier molecular flexibility index (Phi) is 4.96. The van der Waals surface area contributed by atoms with Crippen LogP contribution in [0.2, 0.25) is 0 Å². The fourth-order valence-electron chi connectivity index (χ4n) is 1.09. The molecule has 4 nitrogen and oxygen atoms in total. The van der Waals surface area contributed by atoms with E-state index in [1.165, 1.54) is 6.92 Å². The fourth-order valence-corrected chi connectivity index (χ4v) is 1.51. The minimum absolute atomic E-state index is 0.531. The molecule has 3 amide bonds. The van der Waals surface area contributed by atoms with E-state index in [-0.39, 0.29) is 0 Å². The predicted octanol–water partition coefficient (Wildman–Crippen LogP) is 3.03. The van der Waals surface area contributed by atoms with Gasteiger partial charge in [0.1, 0.15) is 5.38 Å². The first-order valence-corrected chi connectivity index (χ1v) is 6.15. The maximum absolute atomic E-state index is 11.5. The van der Waals surface area contributed by atoms with E-state index < -0.39 is 17.3 Å². The van der Waals surface area contributed by atoms with Crippen molar-refractivity contribution in [2.24, 2.45) is 0 Å². The van der Waals surface area contributed by atoms with Gasteiger partial charge in [0.15, 0.2) is 0 Å². The lowest BCUT2D eigenvalue weighted by molar-refractivity contribution is -0.119. The van der Waals surface area contributed by atoms with Crippen LogP contribution in [-0.4, -0.2) is 17.3 Å². The van der Waals surface area contributed by atoms with Crippen LogP contribution in [0.25, 0.3) is 0 Å². The van der Waals surface area contributed by atoms with Crippen molar-refractivity contribution in [2.45, 2.75) is 19.2 Å². The zero-order valence-corrected chi connectivity index (χ0v) is 11.7. The topological polar surface area (TPSA) is 58.2 Å². The predicted molar refractivity (Wildman–Crippen MR) is 71.4 cm³/mol. The zero-order chi connectivity index (χ0) is 13.0. The Morgan fingerprint density at radius 2 is 2.06 bits per heavy atom. The van der Waals surface area contributed by atoms with Gasteiger partial charge in [0, 0.05) is 10.2 Å². The van der Waals surface area contributed by atoms with Gasteiger partial charge in [0.2, 0.25) is 5.91 Å². The molecule has 1 aromatic rings. The smallest absolute Gasteiger partial charge is 0.307 e. The van der Waals surface area contributed by atoms with Crippen LogP contribution < -0.4 is 10.6 Å². The standard InChI is InChI=1S/C11H12BrClN2O2/c1-6-3-4-8(12)5-9(6)14-11(17)15-10(16)7(2)13/h3-5,7H,1-2H3,(H2,14,15,16,17). The van der Waals surface area contributed by atoms with Gasteiger partial charge in [-0.05, 0) is 31.5 Å². The summed E-state index contributed by atoms with van der Waals surface area (Å²) in [6, 6.07) is 4.88. The highest BCUT2D eigenvalue weighted by atomic mass is 79.9. The van der Waals surface area contributed by atoms with Crippen LogP contribution in [0.5, 0.6) is 0 Å². The van der Waals surface area contributed by atoms with Crippen LogP contribution in [-0.2, 0) is 4.79 Å². The lowest BCUT2D eigenvalue weighted by atomic mass is 10.2. The van der Waals surface area contributed by atoms with Crippen molar-refractivity contribution < 1.29 is 9.59 Å². The van der Waals surface area contributed by atoms with Gasteiger partial charge in [-0.15, -0.1) is 11.6 Å². The number of aryl methyl sites for hydroxylation is 1. The molecule has 0 saturated heterocycles. The number of urea groups is 1. The van der Waals surface area contributed by atoms with Gasteiger partial charge in [-0.2, -0.15) is 0 Å². The molecule has 0 saturated carbocycles. The molecular weight excluding hydrogens is 307 g/mol. The summed E-state index contributed by atoms with van der Waals surface area (Å²) in [6.07, 6.45) is 0. The molecule has 1 atom stereocenters. The number of imide groups is 1. The number of hydrogen-bond donors (Lipinski definition) is 2. The van der Waals surface area contributed by atoms with Crippen LogP contribution in [0.15, 0.2) is 22.7 Å². The quantitative estimate of drug-likeness (QED) is 0.823. The van der Waals surface area contributed by atoms with Gasteiger partial charge in [-0.3, -0.25) is 10.1 Å². The summed E-state index contributed by atoms with van der Waals surface area (Å²) in [6.45, 7) is 3.35. The molecule has 1 unspecified atom stereocenters. The van der Waals surface area contributed by atoms with Crippen molar-refractivity contribution in [1.29, 1.82) is 0 Å². The first kappa shape index (κ1) is 14.0. The average Bonchev–Trinajstić information content (AvgIpc) is 2.23. The monoisotopic (exact) mass is 318 g/mol. The summed E-state index contributed by atoms with van der Waals surface area (Å²) in [5, 5.41) is 3.97.